The van der Waals surface area contributed by atoms with Crippen LogP contribution in [-0.4, -0.2) is 62.3 Å². The highest BCUT2D eigenvalue weighted by Crippen LogP contribution is 2.48. The fourth-order valence-electron chi connectivity index (χ4n) is 4.30. The molecule has 1 aliphatic rings. The summed E-state index contributed by atoms with van der Waals surface area (Å²) in [5.74, 6) is -0.501. The lowest BCUT2D eigenvalue weighted by molar-refractivity contribution is -0.149. The summed E-state index contributed by atoms with van der Waals surface area (Å²) in [5, 5.41) is 25.9. The molecule has 13 nitrogen and oxygen atoms in total. The molecule has 2 unspecified atom stereocenters. The lowest BCUT2D eigenvalue weighted by atomic mass is 9.96. The van der Waals surface area contributed by atoms with Crippen molar-refractivity contribution < 1.29 is 38.1 Å². The number of hydrogen-bond acceptors (Lipinski definition) is 10. The maximum absolute atomic E-state index is 14.1. The van der Waals surface area contributed by atoms with Gasteiger partial charge in [-0.25, -0.2) is 9.36 Å². The number of nitrogens with one attached hydrogen (secondary N) is 2. The quantitative estimate of drug-likeness (QED) is 0.186. The Kier molecular flexibility index (Phi) is 9.24. The van der Waals surface area contributed by atoms with Crippen LogP contribution in [0.2, 0.25) is 0 Å². The van der Waals surface area contributed by atoms with Gasteiger partial charge in [-0.05, 0) is 55.1 Å². The molecule has 15 heteroatoms. The van der Waals surface area contributed by atoms with Crippen LogP contribution in [0.3, 0.4) is 0 Å². The van der Waals surface area contributed by atoms with Crippen LogP contribution < -0.4 is 20.9 Å². The number of benzene rings is 2. The van der Waals surface area contributed by atoms with Crippen molar-refractivity contribution in [2.45, 2.75) is 63.9 Å². The third-order valence-electron chi connectivity index (χ3n) is 6.37. The van der Waals surface area contributed by atoms with Crippen molar-refractivity contribution in [1.82, 2.24) is 14.6 Å². The van der Waals surface area contributed by atoms with Crippen molar-refractivity contribution in [2.75, 3.05) is 6.61 Å². The molecule has 1 aliphatic heterocycles. The van der Waals surface area contributed by atoms with E-state index in [4.69, 9.17) is 18.5 Å². The highest BCUT2D eigenvalue weighted by Gasteiger charge is 2.54. The first-order valence-corrected chi connectivity index (χ1v) is 15.0. The number of aliphatic hydroxyl groups excluding tert-OH is 1. The maximum atomic E-state index is 14.1. The standard InChI is InChI=1S/C26H31BrN3O10P/c1-14(2)38-23(33)15(3)29-41(36,40-19-11-7-9-16-8-5-6-10-17(16)19)37-13-20-21(31)26(4,35)24(39-20)30-12-18(27)22(32)28-25(30)34/h5-12,14-15,20-21,24,31,35H,13H2,1-4H3,(H,29,36)(H,28,32,34)/t15-,20-,21-,24?,26-,41?/m1/s1. The Morgan fingerprint density at radius 1 is 1.22 bits per heavy atom. The van der Waals surface area contributed by atoms with Crippen molar-refractivity contribution in [2.24, 2.45) is 0 Å². The fourth-order valence-corrected chi connectivity index (χ4v) is 6.14. The van der Waals surface area contributed by atoms with E-state index >= 15 is 0 Å². The number of aromatic amines is 1. The molecular formula is C26H31BrN3O10P. The number of esters is 1. The molecule has 1 fully saturated rings. The van der Waals surface area contributed by atoms with Crippen molar-refractivity contribution in [3.63, 3.8) is 0 Å². The number of carbonyl (C=O) groups is 1. The van der Waals surface area contributed by atoms with Crippen molar-refractivity contribution in [3.8, 4) is 5.75 Å². The van der Waals surface area contributed by atoms with Crippen LogP contribution in [0.15, 0.2) is 62.7 Å². The van der Waals surface area contributed by atoms with E-state index in [1.54, 1.807) is 38.1 Å². The van der Waals surface area contributed by atoms with Crippen LogP contribution >= 0.6 is 23.7 Å². The molecule has 2 heterocycles. The Morgan fingerprint density at radius 3 is 2.61 bits per heavy atom. The molecule has 0 spiro atoms. The molecule has 4 rings (SSSR count). The number of aromatic nitrogens is 2. The van der Waals surface area contributed by atoms with E-state index in [0.29, 0.717) is 5.39 Å². The van der Waals surface area contributed by atoms with Crippen LogP contribution in [-0.2, 0) is 23.4 Å². The second-order valence-electron chi connectivity index (χ2n) is 10.0. The Balaban J connectivity index is 1.61. The number of rotatable bonds is 10. The first-order valence-electron chi connectivity index (χ1n) is 12.7. The van der Waals surface area contributed by atoms with Gasteiger partial charge in [0, 0.05) is 11.6 Å². The van der Waals surface area contributed by atoms with E-state index in [1.165, 1.54) is 13.8 Å². The fraction of sp³-hybridized carbons (Fsp3) is 0.423. The van der Waals surface area contributed by atoms with Crippen LogP contribution in [0.25, 0.3) is 10.8 Å². The molecule has 41 heavy (non-hydrogen) atoms. The Hall–Kier alpha value is -2.84. The number of nitrogens with zero attached hydrogens (tertiary/aromatic N) is 1. The highest BCUT2D eigenvalue weighted by atomic mass is 79.9. The minimum Gasteiger partial charge on any atom is -0.462 e. The molecule has 0 radical (unpaired) electrons. The van der Waals surface area contributed by atoms with E-state index in [-0.39, 0.29) is 10.2 Å². The molecule has 0 aliphatic carbocycles. The maximum Gasteiger partial charge on any atom is 0.459 e. The summed E-state index contributed by atoms with van der Waals surface area (Å²) >= 11 is 3.02. The Labute approximate surface area is 243 Å². The molecule has 0 amide bonds. The molecule has 0 saturated carbocycles. The van der Waals surface area contributed by atoms with Crippen molar-refractivity contribution >= 4 is 40.4 Å². The van der Waals surface area contributed by atoms with Crippen LogP contribution in [0.1, 0.15) is 33.9 Å². The third-order valence-corrected chi connectivity index (χ3v) is 8.56. The second kappa shape index (κ2) is 12.2. The molecule has 6 atom stereocenters. The lowest BCUT2D eigenvalue weighted by Crippen LogP contribution is -2.47. The van der Waals surface area contributed by atoms with Crippen molar-refractivity contribution in [1.29, 1.82) is 0 Å². The van der Waals surface area contributed by atoms with E-state index in [1.807, 2.05) is 18.2 Å². The number of ether oxygens (including phenoxy) is 2. The molecule has 1 aromatic heterocycles. The van der Waals surface area contributed by atoms with Gasteiger partial charge >= 0.3 is 19.4 Å². The summed E-state index contributed by atoms with van der Waals surface area (Å²) in [6, 6.07) is 11.2. The predicted molar refractivity (Wildman–Crippen MR) is 152 cm³/mol. The Bertz CT molecular complexity index is 1580. The average molecular weight is 656 g/mol. The molecule has 2 aromatic carbocycles. The normalized spacial score (nSPS) is 24.7. The number of hydrogen-bond donors (Lipinski definition) is 4. The van der Waals surface area contributed by atoms with Crippen LogP contribution in [0.5, 0.6) is 5.75 Å². The summed E-state index contributed by atoms with van der Waals surface area (Å²) in [7, 11) is -4.38. The molecule has 0 bridgehead atoms. The van der Waals surface area contributed by atoms with E-state index in [9.17, 15) is 29.2 Å². The van der Waals surface area contributed by atoms with Gasteiger partial charge in [-0.3, -0.25) is 23.7 Å². The SMILES string of the molecule is CC(C)OC(=O)[C@@H](C)NP(=O)(OC[C@H]1OC(n2cc(Br)c(=O)[nH]c2=O)[C@](C)(O)[C@@H]1O)Oc1cccc2ccccc12. The summed E-state index contributed by atoms with van der Waals surface area (Å²) in [6.45, 7) is 5.41. The Morgan fingerprint density at radius 2 is 1.90 bits per heavy atom. The molecule has 222 valence electrons. The number of aliphatic hydroxyl groups is 2. The highest BCUT2D eigenvalue weighted by molar-refractivity contribution is 9.10. The van der Waals surface area contributed by atoms with Gasteiger partial charge in [0.05, 0.1) is 17.2 Å². The molecular weight excluding hydrogens is 625 g/mol. The lowest BCUT2D eigenvalue weighted by Gasteiger charge is -2.27. The first kappa shape index (κ1) is 31.1. The monoisotopic (exact) mass is 655 g/mol. The molecule has 1 saturated heterocycles. The summed E-state index contributed by atoms with van der Waals surface area (Å²) in [5.41, 5.74) is -3.61. The summed E-state index contributed by atoms with van der Waals surface area (Å²) in [6.07, 6.45) is -3.69. The summed E-state index contributed by atoms with van der Waals surface area (Å²) in [4.78, 5) is 38.8. The number of carbonyl (C=O) groups excluding carboxylic acids is 1. The number of fused-ring (bicyclic) bond motifs is 1. The molecule has 4 N–H and O–H groups in total. The second-order valence-corrected chi connectivity index (χ2v) is 12.6. The van der Waals surface area contributed by atoms with Gasteiger partial charge in [-0.2, -0.15) is 5.09 Å². The zero-order chi connectivity index (χ0) is 30.1. The van der Waals surface area contributed by atoms with Gasteiger partial charge < -0.3 is 24.2 Å². The van der Waals surface area contributed by atoms with Gasteiger partial charge in [0.25, 0.3) is 5.56 Å². The topological polar surface area (TPSA) is 178 Å². The van der Waals surface area contributed by atoms with E-state index in [0.717, 1.165) is 16.2 Å². The minimum absolute atomic E-state index is 0.00912. The smallest absolute Gasteiger partial charge is 0.459 e. The number of H-pyrrole nitrogens is 1. The van der Waals surface area contributed by atoms with E-state index < -0.39 is 67.8 Å². The zero-order valence-corrected chi connectivity index (χ0v) is 25.1. The van der Waals surface area contributed by atoms with Gasteiger partial charge in [0.1, 0.15) is 29.6 Å². The van der Waals surface area contributed by atoms with Crippen LogP contribution in [0.4, 0.5) is 0 Å². The predicted octanol–water partition coefficient (Wildman–Crippen LogP) is 2.59. The van der Waals surface area contributed by atoms with E-state index in [2.05, 4.69) is 26.0 Å². The summed E-state index contributed by atoms with van der Waals surface area (Å²) < 4.78 is 37.5. The first-order chi connectivity index (χ1) is 19.2. The van der Waals surface area contributed by atoms with Crippen LogP contribution in [0, 0.1) is 0 Å². The molecule has 3 aromatic rings. The third kappa shape index (κ3) is 6.81. The van der Waals surface area contributed by atoms with Gasteiger partial charge in [-0.1, -0.05) is 36.4 Å². The number of halogens is 1. The zero-order valence-electron chi connectivity index (χ0n) is 22.6. The average Bonchev–Trinajstić information content (AvgIpc) is 3.13. The van der Waals surface area contributed by atoms with Gasteiger partial charge in [0.2, 0.25) is 0 Å². The minimum atomic E-state index is -4.38. The van der Waals surface area contributed by atoms with Crippen molar-refractivity contribution in [3.05, 3.63) is 74.0 Å². The van der Waals surface area contributed by atoms with Gasteiger partial charge in [0.15, 0.2) is 6.23 Å². The van der Waals surface area contributed by atoms with Gasteiger partial charge in [-0.15, -0.1) is 0 Å². The largest absolute Gasteiger partial charge is 0.462 e.